The minimum Gasteiger partial charge on any atom is -0.438 e. The van der Waals surface area contributed by atoms with Crippen molar-refractivity contribution in [1.82, 2.24) is 20.3 Å². The van der Waals surface area contributed by atoms with Crippen LogP contribution in [0.25, 0.3) is 11.0 Å². The van der Waals surface area contributed by atoms with Crippen LogP contribution in [0.4, 0.5) is 9.18 Å². The van der Waals surface area contributed by atoms with Gasteiger partial charge in [0.25, 0.3) is 0 Å². The van der Waals surface area contributed by atoms with Crippen molar-refractivity contribution in [3.05, 3.63) is 41.0 Å². The summed E-state index contributed by atoms with van der Waals surface area (Å²) in [6, 6.07) is 4.58. The number of amides is 2. The van der Waals surface area contributed by atoms with Crippen LogP contribution in [-0.2, 0) is 28.5 Å². The van der Waals surface area contributed by atoms with Gasteiger partial charge in [0.05, 0.1) is 58.5 Å². The number of rotatable bonds is 21. The van der Waals surface area contributed by atoms with Crippen molar-refractivity contribution < 1.29 is 42.2 Å². The first-order chi connectivity index (χ1) is 24.4. The molecule has 1 atom stereocenters. The number of allylic oxidation sites excluding steroid dienone is 1. The molecule has 1 aromatic heterocycles. The average Bonchev–Trinajstić information content (AvgIpc) is 3.54. The molecule has 3 heterocycles. The Kier molecular flexibility index (Phi) is 17.0. The number of nitrogens with one attached hydrogen (secondary N) is 1. The van der Waals surface area contributed by atoms with Gasteiger partial charge in [-0.25, -0.2) is 14.2 Å². The Labute approximate surface area is 293 Å². The van der Waals surface area contributed by atoms with Crippen molar-refractivity contribution in [3.8, 4) is 0 Å². The number of nitrogens with two attached hydrogens (primary N) is 1. The molecule has 278 valence electrons. The van der Waals surface area contributed by atoms with Gasteiger partial charge in [-0.05, 0) is 71.2 Å². The quantitative estimate of drug-likeness (QED) is 0.144. The number of halogens is 1. The monoisotopic (exact) mass is 704 g/mol. The maximum atomic E-state index is 13.6. The standard InChI is InChI=1S/C35H53FN6O8/c1-26(7-13-41-14-8-28(9-15-41)33-30-6-5-29(36)24-32(30)50-40-33)27(2)39-34-31(4-3-12-42(34)25-43)49-35(44)38-11-17-46-19-21-48-23-22-47-20-18-45-16-10-37/h5-6,24-25,28,31H,3-4,7-23,37H2,1-2H3,(H,38,44)/b27-26+,39-34?. The smallest absolute Gasteiger partial charge is 0.407 e. The lowest BCUT2D eigenvalue weighted by molar-refractivity contribution is -0.115. The Morgan fingerprint density at radius 2 is 1.70 bits per heavy atom. The predicted molar refractivity (Wildman–Crippen MR) is 185 cm³/mol. The summed E-state index contributed by atoms with van der Waals surface area (Å²) in [5, 5.41) is 7.85. The number of carbonyl (C=O) groups excluding carboxylic acids is 2. The lowest BCUT2D eigenvalue weighted by Gasteiger charge is -2.32. The fourth-order valence-corrected chi connectivity index (χ4v) is 5.90. The van der Waals surface area contributed by atoms with Crippen LogP contribution in [0.15, 0.2) is 39.0 Å². The van der Waals surface area contributed by atoms with Crippen LogP contribution in [0, 0.1) is 5.82 Å². The highest BCUT2D eigenvalue weighted by molar-refractivity contribution is 5.96. The molecule has 2 fully saturated rings. The van der Waals surface area contributed by atoms with E-state index in [-0.39, 0.29) is 18.3 Å². The fourth-order valence-electron chi connectivity index (χ4n) is 5.90. The molecule has 0 radical (unpaired) electrons. The maximum absolute atomic E-state index is 13.6. The van der Waals surface area contributed by atoms with E-state index < -0.39 is 12.2 Å². The Balaban J connectivity index is 1.15. The number of alkyl carbamates (subject to hydrolysis) is 1. The number of hydrogen-bond acceptors (Lipinski definition) is 12. The van der Waals surface area contributed by atoms with E-state index in [9.17, 15) is 14.0 Å². The molecule has 2 amide bonds. The molecule has 2 aliphatic rings. The Bertz CT molecular complexity index is 1400. The first kappa shape index (κ1) is 39.3. The zero-order valence-electron chi connectivity index (χ0n) is 29.4. The van der Waals surface area contributed by atoms with E-state index in [2.05, 4.69) is 15.4 Å². The zero-order valence-corrected chi connectivity index (χ0v) is 29.4. The number of aromatic nitrogens is 1. The van der Waals surface area contributed by atoms with Crippen molar-refractivity contribution in [2.24, 2.45) is 10.7 Å². The van der Waals surface area contributed by atoms with Gasteiger partial charge in [0.15, 0.2) is 17.5 Å². The zero-order chi connectivity index (χ0) is 35.6. The van der Waals surface area contributed by atoms with E-state index in [0.29, 0.717) is 90.2 Å². The summed E-state index contributed by atoms with van der Waals surface area (Å²) in [5.74, 6) is 0.392. The SMILES string of the molecule is C/C(CCN1CCC(c2noc3cc(F)ccc23)CC1)=C(/C)N=C1C(OC(=O)NCCOCCOCCOCCOCCN)CCCN1C=O. The summed E-state index contributed by atoms with van der Waals surface area (Å²) >= 11 is 0. The van der Waals surface area contributed by atoms with Crippen LogP contribution in [0.3, 0.4) is 0 Å². The molecule has 0 bridgehead atoms. The third kappa shape index (κ3) is 12.7. The van der Waals surface area contributed by atoms with E-state index in [1.54, 1.807) is 6.07 Å². The van der Waals surface area contributed by atoms with Gasteiger partial charge < -0.3 is 44.2 Å². The van der Waals surface area contributed by atoms with E-state index in [1.807, 2.05) is 13.8 Å². The summed E-state index contributed by atoms with van der Waals surface area (Å²) in [6.45, 7) is 11.5. The topological polar surface area (TPSA) is 163 Å². The molecule has 15 heteroatoms. The van der Waals surface area contributed by atoms with Crippen LogP contribution < -0.4 is 11.1 Å². The van der Waals surface area contributed by atoms with Crippen LogP contribution in [0.5, 0.6) is 0 Å². The molecule has 14 nitrogen and oxygen atoms in total. The van der Waals surface area contributed by atoms with Gasteiger partial charge in [0.1, 0.15) is 5.82 Å². The van der Waals surface area contributed by atoms with Gasteiger partial charge >= 0.3 is 6.09 Å². The van der Waals surface area contributed by atoms with Crippen LogP contribution in [0.2, 0.25) is 0 Å². The largest absolute Gasteiger partial charge is 0.438 e. The second kappa shape index (κ2) is 21.7. The van der Waals surface area contributed by atoms with Crippen molar-refractivity contribution in [2.75, 3.05) is 92.1 Å². The molecule has 50 heavy (non-hydrogen) atoms. The normalized spacial score (nSPS) is 18.8. The summed E-state index contributed by atoms with van der Waals surface area (Å²) < 4.78 is 46.2. The van der Waals surface area contributed by atoms with Crippen LogP contribution in [-0.4, -0.2) is 132 Å². The number of likely N-dealkylation sites (tertiary alicyclic amines) is 2. The third-order valence-electron chi connectivity index (χ3n) is 8.86. The number of ether oxygens (including phenoxy) is 5. The molecule has 0 spiro atoms. The van der Waals surface area contributed by atoms with Crippen LogP contribution >= 0.6 is 0 Å². The molecule has 1 aromatic carbocycles. The van der Waals surface area contributed by atoms with Crippen molar-refractivity contribution in [2.45, 2.75) is 58.0 Å². The van der Waals surface area contributed by atoms with Gasteiger partial charge in [0.2, 0.25) is 6.41 Å². The lowest BCUT2D eigenvalue weighted by Crippen LogP contribution is -2.47. The molecule has 0 aliphatic carbocycles. The number of piperidine rings is 2. The van der Waals surface area contributed by atoms with E-state index in [1.165, 1.54) is 17.0 Å². The Hall–Kier alpha value is -3.47. The molecule has 2 saturated heterocycles. The van der Waals surface area contributed by atoms with Gasteiger partial charge in [-0.15, -0.1) is 0 Å². The first-order valence-corrected chi connectivity index (χ1v) is 17.6. The highest BCUT2D eigenvalue weighted by atomic mass is 19.1. The minimum absolute atomic E-state index is 0.270. The highest BCUT2D eigenvalue weighted by Gasteiger charge is 2.30. The molecule has 2 aliphatic heterocycles. The number of benzene rings is 1. The second-order valence-electron chi connectivity index (χ2n) is 12.4. The number of carbonyl (C=O) groups is 2. The fraction of sp³-hybridized carbons (Fsp3) is 0.657. The number of aliphatic imine (C=N–C) groups is 1. The van der Waals surface area contributed by atoms with Gasteiger partial charge in [-0.3, -0.25) is 9.69 Å². The molecular formula is C35H53FN6O8. The average molecular weight is 705 g/mol. The van der Waals surface area contributed by atoms with Crippen molar-refractivity contribution >= 4 is 29.3 Å². The van der Waals surface area contributed by atoms with Crippen molar-refractivity contribution in [3.63, 3.8) is 0 Å². The van der Waals surface area contributed by atoms with Crippen molar-refractivity contribution in [1.29, 1.82) is 0 Å². The van der Waals surface area contributed by atoms with E-state index >= 15 is 0 Å². The number of amidine groups is 1. The lowest BCUT2D eigenvalue weighted by atomic mass is 9.91. The third-order valence-corrected chi connectivity index (χ3v) is 8.86. The second-order valence-corrected chi connectivity index (χ2v) is 12.4. The maximum Gasteiger partial charge on any atom is 0.407 e. The van der Waals surface area contributed by atoms with E-state index in [0.717, 1.165) is 67.7 Å². The number of hydrogen-bond donors (Lipinski definition) is 2. The number of fused-ring (bicyclic) bond motifs is 1. The minimum atomic E-state index is -0.636. The molecule has 1 unspecified atom stereocenters. The Morgan fingerprint density at radius 1 is 1.02 bits per heavy atom. The van der Waals surface area contributed by atoms with E-state index in [4.69, 9.17) is 38.9 Å². The first-order valence-electron chi connectivity index (χ1n) is 17.6. The summed E-state index contributed by atoms with van der Waals surface area (Å²) in [4.78, 5) is 33.2. The summed E-state index contributed by atoms with van der Waals surface area (Å²) in [7, 11) is 0. The number of nitrogens with zero attached hydrogens (tertiary/aromatic N) is 4. The summed E-state index contributed by atoms with van der Waals surface area (Å²) in [6.07, 6.45) is 3.50. The van der Waals surface area contributed by atoms with Gasteiger partial charge in [-0.2, -0.15) is 0 Å². The Morgan fingerprint density at radius 3 is 2.38 bits per heavy atom. The van der Waals surface area contributed by atoms with Crippen LogP contribution in [0.1, 0.15) is 57.6 Å². The highest BCUT2D eigenvalue weighted by Crippen LogP contribution is 2.33. The predicted octanol–water partition coefficient (Wildman–Crippen LogP) is 3.60. The molecule has 0 saturated carbocycles. The molecule has 4 rings (SSSR count). The molecule has 2 aromatic rings. The summed E-state index contributed by atoms with van der Waals surface area (Å²) in [5.41, 5.74) is 8.66. The van der Waals surface area contributed by atoms with Gasteiger partial charge in [-0.1, -0.05) is 10.7 Å². The molecular weight excluding hydrogens is 651 g/mol. The van der Waals surface area contributed by atoms with Gasteiger partial charge in [0, 0.05) is 49.2 Å². The molecule has 3 N–H and O–H groups in total.